The summed E-state index contributed by atoms with van der Waals surface area (Å²) < 4.78 is 5.91. The fraction of sp³-hybridized carbons (Fsp3) is 0.174. The van der Waals surface area contributed by atoms with E-state index in [1.54, 1.807) is 12.1 Å². The van der Waals surface area contributed by atoms with Crippen LogP contribution >= 0.6 is 0 Å². The molecule has 0 N–H and O–H groups in total. The number of carboxylic acid groups (broad SMARTS) is 1. The van der Waals surface area contributed by atoms with Crippen molar-refractivity contribution in [1.29, 1.82) is 0 Å². The molecule has 0 aliphatic rings. The van der Waals surface area contributed by atoms with Crippen molar-refractivity contribution in [3.63, 3.8) is 0 Å². The van der Waals surface area contributed by atoms with E-state index in [-0.39, 0.29) is 11.2 Å². The van der Waals surface area contributed by atoms with Gasteiger partial charge in [-0.3, -0.25) is 0 Å². The third-order valence-electron chi connectivity index (χ3n) is 3.79. The zero-order valence-electron chi connectivity index (χ0n) is 15.6. The molecule has 4 heteroatoms. The third-order valence-corrected chi connectivity index (χ3v) is 6.07. The van der Waals surface area contributed by atoms with Crippen molar-refractivity contribution in [2.45, 2.75) is 41.1 Å². The first kappa shape index (κ1) is 19.1. The normalized spacial score (nSPS) is 12.4. The fourth-order valence-electron chi connectivity index (χ4n) is 2.76. The molecule has 0 saturated heterocycles. The molecule has 0 fully saturated rings. The van der Waals surface area contributed by atoms with Gasteiger partial charge in [0.1, 0.15) is 11.4 Å². The molecule has 0 heterocycles. The van der Waals surface area contributed by atoms with Crippen LogP contribution in [0.3, 0.4) is 0 Å². The summed E-state index contributed by atoms with van der Waals surface area (Å²) in [5.74, 6) is -0.372. The average Bonchev–Trinajstić information content (AvgIpc) is 2.63. The highest BCUT2D eigenvalue weighted by Gasteiger charge is 2.31. The fourth-order valence-corrected chi connectivity index (χ4v) is 4.96. The first-order chi connectivity index (χ1) is 12.8. The van der Waals surface area contributed by atoms with Crippen molar-refractivity contribution in [2.75, 3.05) is 0 Å². The van der Waals surface area contributed by atoms with Crippen molar-refractivity contribution in [2.24, 2.45) is 0 Å². The molecular weight excluding hydrogens is 356 g/mol. The second-order valence-corrected chi connectivity index (χ2v) is 9.08. The first-order valence-electron chi connectivity index (χ1n) is 8.74. The number of carboxylic acids is 1. The first-order valence-corrected chi connectivity index (χ1v) is 9.96. The van der Waals surface area contributed by atoms with Gasteiger partial charge in [-0.05, 0) is 69.3 Å². The van der Waals surface area contributed by atoms with Gasteiger partial charge in [0.2, 0.25) is 0 Å². The molecule has 0 aliphatic heterocycles. The van der Waals surface area contributed by atoms with Gasteiger partial charge in [-0.1, -0.05) is 30.3 Å². The van der Waals surface area contributed by atoms with Crippen LogP contribution < -0.4 is 9.84 Å². The Bertz CT molecular complexity index is 912. The van der Waals surface area contributed by atoms with Crippen LogP contribution in [0.25, 0.3) is 0 Å². The lowest BCUT2D eigenvalue weighted by molar-refractivity contribution is -0.255. The van der Waals surface area contributed by atoms with Gasteiger partial charge in [-0.2, -0.15) is 0 Å². The molecule has 3 aromatic carbocycles. The molecule has 1 atom stereocenters. The van der Waals surface area contributed by atoms with Crippen LogP contribution in [0, 0.1) is 0 Å². The van der Waals surface area contributed by atoms with E-state index in [1.807, 2.05) is 87.5 Å². The minimum atomic E-state index is -1.16. The summed E-state index contributed by atoms with van der Waals surface area (Å²) >= 11 is 0. The highest BCUT2D eigenvalue weighted by atomic mass is 32.2. The lowest BCUT2D eigenvalue weighted by Crippen LogP contribution is -2.25. The van der Waals surface area contributed by atoms with Crippen molar-refractivity contribution in [1.82, 2.24) is 0 Å². The molecule has 0 aromatic heterocycles. The van der Waals surface area contributed by atoms with Crippen LogP contribution in [-0.4, -0.2) is 11.6 Å². The summed E-state index contributed by atoms with van der Waals surface area (Å²) in [6, 6.07) is 24.9. The van der Waals surface area contributed by atoms with Gasteiger partial charge in [0, 0.05) is 0 Å². The number of hydrogen-bond acceptors (Lipinski definition) is 3. The van der Waals surface area contributed by atoms with E-state index in [9.17, 15) is 9.90 Å². The molecule has 0 spiro atoms. The Morgan fingerprint density at radius 2 is 1.37 bits per heavy atom. The van der Waals surface area contributed by atoms with Gasteiger partial charge in [0.15, 0.2) is 14.7 Å². The Labute approximate surface area is 163 Å². The number of benzene rings is 3. The second kappa shape index (κ2) is 7.89. The summed E-state index contributed by atoms with van der Waals surface area (Å²) in [4.78, 5) is 14.5. The number of aromatic carboxylic acids is 1. The van der Waals surface area contributed by atoms with Crippen molar-refractivity contribution >= 4 is 16.9 Å². The van der Waals surface area contributed by atoms with Crippen LogP contribution in [0.15, 0.2) is 93.5 Å². The minimum absolute atomic E-state index is 0.222. The lowest BCUT2D eigenvalue weighted by Gasteiger charge is -2.21. The monoisotopic (exact) mass is 378 g/mol. The summed E-state index contributed by atoms with van der Waals surface area (Å²) in [7, 11) is -0.555. The van der Waals surface area contributed by atoms with Crippen LogP contribution in [-0.2, 0) is 10.9 Å². The molecular formula is C23H22O3S. The van der Waals surface area contributed by atoms with Crippen LogP contribution in [0.1, 0.15) is 31.1 Å². The van der Waals surface area contributed by atoms with Crippen LogP contribution in [0.2, 0.25) is 0 Å². The van der Waals surface area contributed by atoms with Crippen LogP contribution in [0.4, 0.5) is 0 Å². The molecule has 0 saturated carbocycles. The zero-order valence-corrected chi connectivity index (χ0v) is 16.5. The lowest BCUT2D eigenvalue weighted by atomic mass is 10.2. The Hall–Kier alpha value is -2.72. The Kier molecular flexibility index (Phi) is 5.57. The molecule has 0 amide bonds. The summed E-state index contributed by atoms with van der Waals surface area (Å²) in [5.41, 5.74) is -0.0517. The van der Waals surface area contributed by atoms with Gasteiger partial charge in [-0.15, -0.1) is 0 Å². The van der Waals surface area contributed by atoms with E-state index in [0.717, 1.165) is 20.4 Å². The predicted molar refractivity (Wildman–Crippen MR) is 106 cm³/mol. The van der Waals surface area contributed by atoms with Crippen molar-refractivity contribution in [3.05, 3.63) is 84.4 Å². The molecule has 0 bridgehead atoms. The van der Waals surface area contributed by atoms with Crippen LogP contribution in [0.5, 0.6) is 5.75 Å². The molecule has 3 nitrogen and oxygen atoms in total. The standard InChI is InChI=1S/C23H22O3S/c1-23(2,3)26-17-13-15-19(16-14-17)27(18-9-5-4-6-10-18)21-12-8-7-11-20(21)22(24)25/h4-16H,1-3H3. The smallest absolute Gasteiger partial charge is 0.175 e. The number of carbonyl (C=O) groups excluding carboxylic acids is 1. The number of ether oxygens (including phenoxy) is 1. The highest BCUT2D eigenvalue weighted by molar-refractivity contribution is 7.97. The van der Waals surface area contributed by atoms with Crippen molar-refractivity contribution < 1.29 is 14.6 Å². The molecule has 0 radical (unpaired) electrons. The minimum Gasteiger partial charge on any atom is -0.545 e. The Balaban J connectivity index is 2.08. The van der Waals surface area contributed by atoms with E-state index in [1.165, 1.54) is 0 Å². The largest absolute Gasteiger partial charge is 0.545 e. The SMILES string of the molecule is CC(C)(C)Oc1ccc([S+](c2ccccc2)c2ccccc2C(=O)[O-])cc1. The van der Waals surface area contributed by atoms with Gasteiger partial charge in [-0.25, -0.2) is 0 Å². The van der Waals surface area contributed by atoms with E-state index >= 15 is 0 Å². The molecule has 1 unspecified atom stereocenters. The maximum absolute atomic E-state index is 11.7. The molecule has 0 aliphatic carbocycles. The number of carbonyl (C=O) groups is 1. The molecule has 27 heavy (non-hydrogen) atoms. The second-order valence-electron chi connectivity index (χ2n) is 7.09. The maximum atomic E-state index is 11.7. The van der Waals surface area contributed by atoms with Crippen molar-refractivity contribution in [3.8, 4) is 5.75 Å². The Morgan fingerprint density at radius 1 is 0.815 bits per heavy atom. The van der Waals surface area contributed by atoms with E-state index < -0.39 is 16.9 Å². The van der Waals surface area contributed by atoms with E-state index in [2.05, 4.69) is 0 Å². The molecule has 3 rings (SSSR count). The average molecular weight is 378 g/mol. The van der Waals surface area contributed by atoms with E-state index in [4.69, 9.17) is 4.74 Å². The van der Waals surface area contributed by atoms with Gasteiger partial charge < -0.3 is 14.6 Å². The van der Waals surface area contributed by atoms with Gasteiger partial charge in [0.05, 0.1) is 22.4 Å². The number of hydrogen-bond donors (Lipinski definition) is 0. The highest BCUT2D eigenvalue weighted by Crippen LogP contribution is 2.34. The number of rotatable bonds is 5. The van der Waals surface area contributed by atoms with E-state index in [0.29, 0.717) is 0 Å². The molecule has 3 aromatic rings. The zero-order chi connectivity index (χ0) is 19.4. The summed E-state index contributed by atoms with van der Waals surface area (Å²) in [6.07, 6.45) is 0. The molecule has 138 valence electrons. The quantitative estimate of drug-likeness (QED) is 0.621. The third kappa shape index (κ3) is 4.72. The maximum Gasteiger partial charge on any atom is 0.175 e. The van der Waals surface area contributed by atoms with Gasteiger partial charge in [0.25, 0.3) is 0 Å². The predicted octanol–water partition coefficient (Wildman–Crippen LogP) is 4.32. The Morgan fingerprint density at radius 3 is 1.96 bits per heavy atom. The summed E-state index contributed by atoms with van der Waals surface area (Å²) in [6.45, 7) is 6.02. The topological polar surface area (TPSA) is 49.4 Å². The van der Waals surface area contributed by atoms with Gasteiger partial charge >= 0.3 is 0 Å². The summed E-state index contributed by atoms with van der Waals surface area (Å²) in [5, 5.41) is 11.7.